The summed E-state index contributed by atoms with van der Waals surface area (Å²) >= 11 is 0. The van der Waals surface area contributed by atoms with Crippen molar-refractivity contribution < 1.29 is 21.6 Å². The number of anilines is 2. The number of nitrogens with one attached hydrogen (secondary N) is 2. The number of likely N-dealkylation sites (tertiary alicyclic amines) is 1. The summed E-state index contributed by atoms with van der Waals surface area (Å²) in [5, 5.41) is 4.26. The number of benzene rings is 2. The molecule has 2 aliphatic heterocycles. The van der Waals surface area contributed by atoms with Crippen LogP contribution in [0.5, 0.6) is 0 Å². The molecule has 0 amide bonds. The van der Waals surface area contributed by atoms with Gasteiger partial charge in [-0.3, -0.25) is 4.90 Å². The average molecular weight is 645 g/mol. The smallest absolute Gasteiger partial charge is 0.385 e. The molecular formula is C33H43F3N6O2S. The van der Waals surface area contributed by atoms with Gasteiger partial charge in [0.05, 0.1) is 17.7 Å². The molecule has 0 atom stereocenters. The average Bonchev–Trinajstić information content (AvgIpc) is 3.00. The van der Waals surface area contributed by atoms with Gasteiger partial charge >= 0.3 is 6.18 Å². The van der Waals surface area contributed by atoms with Gasteiger partial charge < -0.3 is 10.2 Å². The van der Waals surface area contributed by atoms with E-state index in [0.29, 0.717) is 16.8 Å². The third-order valence-corrected chi connectivity index (χ3v) is 11.3. The monoisotopic (exact) mass is 644 g/mol. The molecule has 3 heterocycles. The van der Waals surface area contributed by atoms with E-state index in [4.69, 9.17) is 0 Å². The first-order chi connectivity index (χ1) is 21.5. The number of fused-ring (bicyclic) bond motifs is 1. The number of halogens is 3. The Morgan fingerprint density at radius 1 is 0.956 bits per heavy atom. The molecule has 1 saturated carbocycles. The molecule has 3 aliphatic rings. The van der Waals surface area contributed by atoms with Crippen molar-refractivity contribution in [2.75, 3.05) is 48.7 Å². The highest BCUT2D eigenvalue weighted by molar-refractivity contribution is 7.89. The first kappa shape index (κ1) is 32.0. The van der Waals surface area contributed by atoms with Crippen LogP contribution in [0.15, 0.2) is 48.8 Å². The zero-order valence-electron chi connectivity index (χ0n) is 25.8. The normalized spacial score (nSPS) is 22.4. The number of rotatable bonds is 10. The first-order valence-electron chi connectivity index (χ1n) is 16.1. The second-order valence-corrected chi connectivity index (χ2v) is 15.3. The Kier molecular flexibility index (Phi) is 9.27. The van der Waals surface area contributed by atoms with Gasteiger partial charge in [-0.15, -0.1) is 0 Å². The molecule has 3 fully saturated rings. The third kappa shape index (κ3) is 8.07. The summed E-state index contributed by atoms with van der Waals surface area (Å²) in [6.07, 6.45) is 2.31. The Morgan fingerprint density at radius 2 is 1.64 bits per heavy atom. The van der Waals surface area contributed by atoms with Crippen molar-refractivity contribution in [2.24, 2.45) is 11.3 Å². The largest absolute Gasteiger partial charge is 0.393 e. The molecule has 12 heteroatoms. The SMILES string of the molecule is CCS(=O)(=O)NC1CCC(CNc2ccc(CN3CCC4(CC3)CN(c3ncnc5ccc(CC(F)(F)F)cc35)C4)cc2)CC1. The highest BCUT2D eigenvalue weighted by Gasteiger charge is 2.45. The van der Waals surface area contributed by atoms with Crippen molar-refractivity contribution in [3.05, 3.63) is 59.9 Å². The molecule has 45 heavy (non-hydrogen) atoms. The number of hydrogen-bond acceptors (Lipinski definition) is 7. The van der Waals surface area contributed by atoms with Gasteiger partial charge in [0.25, 0.3) is 0 Å². The lowest BCUT2D eigenvalue weighted by Gasteiger charge is -2.54. The van der Waals surface area contributed by atoms with E-state index in [1.165, 1.54) is 18.0 Å². The Hall–Kier alpha value is -2.96. The molecule has 1 aliphatic carbocycles. The number of nitrogens with zero attached hydrogens (tertiary/aromatic N) is 4. The molecule has 0 unspecified atom stereocenters. The fourth-order valence-electron chi connectivity index (χ4n) is 7.17. The van der Waals surface area contributed by atoms with Crippen LogP contribution in [0.2, 0.25) is 0 Å². The molecule has 6 rings (SSSR count). The van der Waals surface area contributed by atoms with Gasteiger partial charge in [0.15, 0.2) is 0 Å². The number of hydrogen-bond donors (Lipinski definition) is 2. The molecule has 2 N–H and O–H groups in total. The summed E-state index contributed by atoms with van der Waals surface area (Å²) in [5.74, 6) is 1.42. The molecule has 0 radical (unpaired) electrons. The van der Waals surface area contributed by atoms with Crippen LogP contribution in [0.1, 0.15) is 56.6 Å². The summed E-state index contributed by atoms with van der Waals surface area (Å²) in [5.41, 5.74) is 3.53. The van der Waals surface area contributed by atoms with Gasteiger partial charge in [0.1, 0.15) is 12.1 Å². The van der Waals surface area contributed by atoms with Gasteiger partial charge in [0, 0.05) is 48.7 Å². The van der Waals surface area contributed by atoms with E-state index < -0.39 is 22.6 Å². The van der Waals surface area contributed by atoms with E-state index in [9.17, 15) is 21.6 Å². The maximum atomic E-state index is 13.0. The van der Waals surface area contributed by atoms with Crippen molar-refractivity contribution >= 4 is 32.4 Å². The highest BCUT2D eigenvalue weighted by Crippen LogP contribution is 2.44. The molecule has 1 aromatic heterocycles. The molecule has 3 aromatic rings. The number of sulfonamides is 1. The molecule has 2 aromatic carbocycles. The van der Waals surface area contributed by atoms with Gasteiger partial charge in [-0.1, -0.05) is 18.2 Å². The van der Waals surface area contributed by atoms with Crippen LogP contribution in [0, 0.1) is 11.3 Å². The molecule has 0 bridgehead atoms. The van der Waals surface area contributed by atoms with Crippen LogP contribution in [0.25, 0.3) is 10.9 Å². The van der Waals surface area contributed by atoms with E-state index in [1.54, 1.807) is 19.1 Å². The van der Waals surface area contributed by atoms with Crippen molar-refractivity contribution in [3.63, 3.8) is 0 Å². The summed E-state index contributed by atoms with van der Waals surface area (Å²) in [6, 6.07) is 13.5. The predicted octanol–water partition coefficient (Wildman–Crippen LogP) is 5.75. The second-order valence-electron chi connectivity index (χ2n) is 13.3. The van der Waals surface area contributed by atoms with Gasteiger partial charge in [0.2, 0.25) is 10.0 Å². The van der Waals surface area contributed by atoms with Crippen LogP contribution >= 0.6 is 0 Å². The lowest BCUT2D eigenvalue weighted by Crippen LogP contribution is -2.60. The summed E-state index contributed by atoms with van der Waals surface area (Å²) in [6.45, 7) is 7.26. The number of alkyl halides is 3. The molecular weight excluding hydrogens is 601 g/mol. The minimum absolute atomic E-state index is 0.0697. The van der Waals surface area contributed by atoms with Crippen molar-refractivity contribution in [2.45, 2.75) is 70.6 Å². The minimum Gasteiger partial charge on any atom is -0.385 e. The quantitative estimate of drug-likeness (QED) is 0.291. The fourth-order valence-corrected chi connectivity index (χ4v) is 8.08. The maximum Gasteiger partial charge on any atom is 0.393 e. The maximum absolute atomic E-state index is 13.0. The minimum atomic E-state index is -4.25. The van der Waals surface area contributed by atoms with E-state index >= 15 is 0 Å². The predicted molar refractivity (Wildman–Crippen MR) is 172 cm³/mol. The number of aromatic nitrogens is 2. The van der Waals surface area contributed by atoms with Gasteiger partial charge in [-0.2, -0.15) is 13.2 Å². The first-order valence-corrected chi connectivity index (χ1v) is 17.7. The van der Waals surface area contributed by atoms with E-state index in [2.05, 4.69) is 54.1 Å². The second kappa shape index (κ2) is 13.0. The zero-order valence-corrected chi connectivity index (χ0v) is 26.6. The molecule has 244 valence electrons. The molecule has 1 spiro atoms. The van der Waals surface area contributed by atoms with Crippen LogP contribution in [0.4, 0.5) is 24.7 Å². The van der Waals surface area contributed by atoms with Crippen molar-refractivity contribution in [1.29, 1.82) is 0 Å². The van der Waals surface area contributed by atoms with Gasteiger partial charge in [-0.05, 0) is 99.8 Å². The lowest BCUT2D eigenvalue weighted by molar-refractivity contribution is -0.127. The van der Waals surface area contributed by atoms with Crippen molar-refractivity contribution in [3.8, 4) is 0 Å². The lowest BCUT2D eigenvalue weighted by atomic mass is 9.72. The van der Waals surface area contributed by atoms with Crippen molar-refractivity contribution in [1.82, 2.24) is 19.6 Å². The Balaban J connectivity index is 0.943. The number of piperidine rings is 1. The standard InChI is InChI=1S/C33H43F3N6O2S/c1-2-45(43,44)40-28-10-3-24(4-11-28)19-37-27-8-5-25(6-9-27)20-41-15-13-32(14-16-41)21-42(22-32)31-29-17-26(18-33(34,35)36)7-12-30(29)38-23-39-31/h5-9,12,17,23-24,28,37,40H,2-4,10-11,13-16,18-22H2,1H3. The zero-order chi connectivity index (χ0) is 31.7. The van der Waals surface area contributed by atoms with E-state index in [1.807, 2.05) is 0 Å². The van der Waals surface area contributed by atoms with E-state index in [-0.39, 0.29) is 22.8 Å². The Bertz CT molecular complexity index is 1560. The topological polar surface area (TPSA) is 90.5 Å². The van der Waals surface area contributed by atoms with Gasteiger partial charge in [-0.25, -0.2) is 23.1 Å². The van der Waals surface area contributed by atoms with Crippen LogP contribution in [-0.4, -0.2) is 74.0 Å². The Morgan fingerprint density at radius 3 is 2.31 bits per heavy atom. The van der Waals surface area contributed by atoms with Crippen LogP contribution in [0.3, 0.4) is 0 Å². The molecule has 8 nitrogen and oxygen atoms in total. The van der Waals surface area contributed by atoms with Crippen LogP contribution < -0.4 is 14.9 Å². The molecule has 2 saturated heterocycles. The van der Waals surface area contributed by atoms with Crippen LogP contribution in [-0.2, 0) is 23.0 Å². The summed E-state index contributed by atoms with van der Waals surface area (Å²) < 4.78 is 65.5. The summed E-state index contributed by atoms with van der Waals surface area (Å²) in [4.78, 5) is 13.5. The highest BCUT2D eigenvalue weighted by atomic mass is 32.2. The summed E-state index contributed by atoms with van der Waals surface area (Å²) in [7, 11) is -3.14. The Labute approximate surface area is 263 Å². The fraction of sp³-hybridized carbons (Fsp3) is 0.576. The van der Waals surface area contributed by atoms with E-state index in [0.717, 1.165) is 89.3 Å². The third-order valence-electron chi connectivity index (χ3n) is 9.88.